The van der Waals surface area contributed by atoms with Crippen LogP contribution in [-0.2, 0) is 20.9 Å². The van der Waals surface area contributed by atoms with E-state index in [1.165, 1.54) is 5.57 Å². The van der Waals surface area contributed by atoms with Crippen molar-refractivity contribution in [2.45, 2.75) is 51.1 Å². The fourth-order valence-corrected chi connectivity index (χ4v) is 7.17. The van der Waals surface area contributed by atoms with Crippen molar-refractivity contribution >= 4 is 52.1 Å². The Bertz CT molecular complexity index is 1950. The van der Waals surface area contributed by atoms with Crippen LogP contribution in [0.15, 0.2) is 103 Å². The van der Waals surface area contributed by atoms with Gasteiger partial charge >= 0.3 is 0 Å². The van der Waals surface area contributed by atoms with Gasteiger partial charge in [-0.05, 0) is 77.8 Å². The molecule has 0 aliphatic carbocycles. The number of rotatable bonds is 16. The fourth-order valence-electron chi connectivity index (χ4n) is 6.98. The summed E-state index contributed by atoms with van der Waals surface area (Å²) in [6, 6.07) is 33.7. The summed E-state index contributed by atoms with van der Waals surface area (Å²) in [5.41, 5.74) is 7.95. The molecule has 4 aromatic carbocycles. The van der Waals surface area contributed by atoms with Gasteiger partial charge in [0.2, 0.25) is 17.7 Å². The number of likely N-dealkylation sites (N-methyl/N-ethyl adjacent to an activating group) is 1. The monoisotopic (exact) mass is 732 g/mol. The Morgan fingerprint density at radius 2 is 1.57 bits per heavy atom. The first-order chi connectivity index (χ1) is 25.8. The molecule has 274 valence electrons. The molecular weight excluding hydrogens is 688 g/mol. The number of nitrogens with zero attached hydrogens (tertiary/aromatic N) is 2. The average molecular weight is 733 g/mol. The molecule has 0 spiro atoms. The second-order valence-corrected chi connectivity index (χ2v) is 13.7. The van der Waals surface area contributed by atoms with Crippen molar-refractivity contribution in [3.8, 4) is 5.75 Å². The Labute approximate surface area is 316 Å². The summed E-state index contributed by atoms with van der Waals surface area (Å²) in [7, 11) is 1.80. The van der Waals surface area contributed by atoms with Crippen molar-refractivity contribution in [2.75, 3.05) is 37.9 Å². The summed E-state index contributed by atoms with van der Waals surface area (Å²) < 4.78 is 6.05. The average Bonchev–Trinajstić information content (AvgIpc) is 3.52. The van der Waals surface area contributed by atoms with E-state index in [9.17, 15) is 19.2 Å². The SMILES string of the molecule is CN(CCOc1ccc(/C(=C(/CCCl)c2ccccc2)c2ccccc2)cc1)C(=O)CCCCNc1cccc2c1CN(C1CCC(=O)NC1=O)C2=O. The highest BCUT2D eigenvalue weighted by Gasteiger charge is 2.39. The predicted octanol–water partition coefficient (Wildman–Crippen LogP) is 7.16. The number of ether oxygens (including phenoxy) is 1. The molecule has 0 saturated carbocycles. The molecule has 2 heterocycles. The van der Waals surface area contributed by atoms with Crippen LogP contribution in [0.2, 0.25) is 0 Å². The Morgan fingerprint density at radius 3 is 2.26 bits per heavy atom. The number of unbranched alkanes of at least 4 members (excludes halogenated alkanes) is 1. The van der Waals surface area contributed by atoms with Crippen molar-refractivity contribution in [1.29, 1.82) is 0 Å². The zero-order valence-corrected chi connectivity index (χ0v) is 30.7. The number of anilines is 1. The Morgan fingerprint density at radius 1 is 0.868 bits per heavy atom. The number of imide groups is 1. The maximum absolute atomic E-state index is 13.1. The highest BCUT2D eigenvalue weighted by molar-refractivity contribution is 6.18. The molecule has 9 nitrogen and oxygen atoms in total. The van der Waals surface area contributed by atoms with Crippen LogP contribution in [-0.4, -0.2) is 72.1 Å². The molecule has 4 aromatic rings. The van der Waals surface area contributed by atoms with Gasteiger partial charge in [-0.15, -0.1) is 11.6 Å². The number of fused-ring (bicyclic) bond motifs is 1. The van der Waals surface area contributed by atoms with Crippen LogP contribution >= 0.6 is 11.6 Å². The number of amides is 4. The first-order valence-corrected chi connectivity index (χ1v) is 18.7. The first-order valence-electron chi connectivity index (χ1n) is 18.2. The van der Waals surface area contributed by atoms with Crippen LogP contribution in [0.25, 0.3) is 11.1 Å². The molecule has 1 unspecified atom stereocenters. The van der Waals surface area contributed by atoms with Gasteiger partial charge < -0.3 is 19.9 Å². The molecule has 0 aromatic heterocycles. The highest BCUT2D eigenvalue weighted by Crippen LogP contribution is 2.36. The summed E-state index contributed by atoms with van der Waals surface area (Å²) in [6.07, 6.45) is 3.18. The minimum absolute atomic E-state index is 0.0559. The van der Waals surface area contributed by atoms with Crippen molar-refractivity contribution in [2.24, 2.45) is 0 Å². The van der Waals surface area contributed by atoms with E-state index in [0.29, 0.717) is 56.9 Å². The minimum atomic E-state index is -0.648. The van der Waals surface area contributed by atoms with E-state index < -0.39 is 11.9 Å². The lowest BCUT2D eigenvalue weighted by Crippen LogP contribution is -2.52. The number of carbonyl (C=O) groups is 4. The first kappa shape index (κ1) is 37.4. The zero-order valence-electron chi connectivity index (χ0n) is 30.0. The van der Waals surface area contributed by atoms with E-state index >= 15 is 0 Å². The summed E-state index contributed by atoms with van der Waals surface area (Å²) in [4.78, 5) is 53.2. The molecule has 1 atom stereocenters. The maximum Gasteiger partial charge on any atom is 0.255 e. The van der Waals surface area contributed by atoms with Gasteiger partial charge in [-0.3, -0.25) is 24.5 Å². The molecule has 10 heteroatoms. The summed E-state index contributed by atoms with van der Waals surface area (Å²) in [5, 5.41) is 5.76. The quantitative estimate of drug-likeness (QED) is 0.0548. The smallest absolute Gasteiger partial charge is 0.255 e. The number of hydrogen-bond acceptors (Lipinski definition) is 6. The van der Waals surface area contributed by atoms with Gasteiger partial charge in [0, 0.05) is 55.7 Å². The van der Waals surface area contributed by atoms with Gasteiger partial charge in [0.25, 0.3) is 5.91 Å². The van der Waals surface area contributed by atoms with Crippen LogP contribution in [0.5, 0.6) is 5.75 Å². The molecule has 53 heavy (non-hydrogen) atoms. The number of alkyl halides is 1. The lowest BCUT2D eigenvalue weighted by Gasteiger charge is -2.29. The lowest BCUT2D eigenvalue weighted by atomic mass is 9.88. The molecule has 0 radical (unpaired) electrons. The third kappa shape index (κ3) is 9.15. The van der Waals surface area contributed by atoms with Crippen LogP contribution in [0.3, 0.4) is 0 Å². The van der Waals surface area contributed by atoms with E-state index in [1.807, 2.05) is 60.7 Å². The third-order valence-electron chi connectivity index (χ3n) is 9.81. The largest absolute Gasteiger partial charge is 0.492 e. The number of carbonyl (C=O) groups excluding carboxylic acids is 4. The predicted molar refractivity (Wildman–Crippen MR) is 209 cm³/mol. The van der Waals surface area contributed by atoms with Crippen molar-refractivity contribution in [3.63, 3.8) is 0 Å². The second-order valence-electron chi connectivity index (χ2n) is 13.3. The van der Waals surface area contributed by atoms with E-state index in [4.69, 9.17) is 16.3 Å². The molecule has 2 aliphatic rings. The van der Waals surface area contributed by atoms with Gasteiger partial charge in [-0.25, -0.2) is 0 Å². The Balaban J connectivity index is 0.961. The van der Waals surface area contributed by atoms with E-state index in [-0.39, 0.29) is 24.1 Å². The van der Waals surface area contributed by atoms with Crippen molar-refractivity contribution in [3.05, 3.63) is 131 Å². The summed E-state index contributed by atoms with van der Waals surface area (Å²) >= 11 is 6.30. The van der Waals surface area contributed by atoms with Crippen LogP contribution in [0.1, 0.15) is 71.1 Å². The number of nitrogens with one attached hydrogen (secondary N) is 2. The Hall–Kier alpha value is -5.41. The van der Waals surface area contributed by atoms with E-state index in [1.54, 1.807) is 22.9 Å². The number of halogens is 1. The normalized spacial score (nSPS) is 15.8. The van der Waals surface area contributed by atoms with E-state index in [2.05, 4.69) is 47.0 Å². The molecule has 4 amide bonds. The molecule has 0 bridgehead atoms. The number of allylic oxidation sites excluding steroid dienone is 1. The number of piperidine rings is 1. The molecular formula is C43H45ClN4O5. The van der Waals surface area contributed by atoms with Crippen molar-refractivity contribution in [1.82, 2.24) is 15.1 Å². The fraction of sp³-hybridized carbons (Fsp3) is 0.302. The molecule has 2 N–H and O–H groups in total. The Kier molecular flexibility index (Phi) is 12.6. The standard InChI is InChI=1S/C43H45ClN4O5/c1-47(40(50)17-8-9-26-45-37-16-10-15-35-36(37)29-48(43(35)52)38-22-23-39(49)46-42(38)51)27-28-53-33-20-18-32(19-21-33)41(31-13-6-3-7-14-31)34(24-25-44)30-11-4-2-5-12-30/h2-7,10-16,18-21,38,45H,8-9,17,22-29H2,1H3,(H,46,49,51)/b41-34-. The minimum Gasteiger partial charge on any atom is -0.492 e. The van der Waals surface area contributed by atoms with Gasteiger partial charge in [-0.1, -0.05) is 78.9 Å². The van der Waals surface area contributed by atoms with Crippen LogP contribution in [0, 0.1) is 0 Å². The van der Waals surface area contributed by atoms with Gasteiger partial charge in [0.05, 0.1) is 6.54 Å². The number of benzene rings is 4. The van der Waals surface area contributed by atoms with E-state index in [0.717, 1.165) is 52.1 Å². The topological polar surface area (TPSA) is 108 Å². The zero-order chi connectivity index (χ0) is 37.2. The van der Waals surface area contributed by atoms with Crippen molar-refractivity contribution < 1.29 is 23.9 Å². The summed E-state index contributed by atoms with van der Waals surface area (Å²) in [6.45, 7) is 1.79. The van der Waals surface area contributed by atoms with Gasteiger partial charge in [0.1, 0.15) is 18.4 Å². The lowest BCUT2D eigenvalue weighted by molar-refractivity contribution is -0.137. The van der Waals surface area contributed by atoms with Crippen LogP contribution in [0.4, 0.5) is 5.69 Å². The highest BCUT2D eigenvalue weighted by atomic mass is 35.5. The third-order valence-corrected chi connectivity index (χ3v) is 10.00. The maximum atomic E-state index is 13.1. The summed E-state index contributed by atoms with van der Waals surface area (Å²) in [5.74, 6) is 0.381. The second kappa shape index (κ2) is 17.9. The molecule has 6 rings (SSSR count). The molecule has 1 saturated heterocycles. The molecule has 2 aliphatic heterocycles. The van der Waals surface area contributed by atoms with Gasteiger partial charge in [-0.2, -0.15) is 0 Å². The van der Waals surface area contributed by atoms with Crippen LogP contribution < -0.4 is 15.4 Å². The number of hydrogen-bond donors (Lipinski definition) is 2. The van der Waals surface area contributed by atoms with Gasteiger partial charge in [0.15, 0.2) is 0 Å². The molecule has 1 fully saturated rings.